The Morgan fingerprint density at radius 2 is 2.10 bits per heavy atom. The maximum atomic E-state index is 5.72. The topological polar surface area (TPSA) is 30.5 Å². The van der Waals surface area contributed by atoms with Crippen molar-refractivity contribution in [3.8, 4) is 5.75 Å². The van der Waals surface area contributed by atoms with Gasteiger partial charge in [0.1, 0.15) is 5.75 Å². The first-order valence-corrected chi connectivity index (χ1v) is 7.78. The van der Waals surface area contributed by atoms with Gasteiger partial charge in [0.15, 0.2) is 0 Å². The summed E-state index contributed by atoms with van der Waals surface area (Å²) in [5.41, 5.74) is 1.29. The van der Waals surface area contributed by atoms with Crippen LogP contribution in [0.1, 0.15) is 38.7 Å². The molecule has 0 unspecified atom stereocenters. The molecule has 1 atom stereocenters. The van der Waals surface area contributed by atoms with Gasteiger partial charge < -0.3 is 14.8 Å². The number of hydrogen-bond donors (Lipinski definition) is 1. The first-order valence-electron chi connectivity index (χ1n) is 7.78. The molecule has 3 nitrogen and oxygen atoms in total. The van der Waals surface area contributed by atoms with E-state index >= 15 is 0 Å². The molecule has 1 aliphatic rings. The van der Waals surface area contributed by atoms with Crippen molar-refractivity contribution >= 4 is 0 Å². The summed E-state index contributed by atoms with van der Waals surface area (Å²) in [5.74, 6) is 1.66. The summed E-state index contributed by atoms with van der Waals surface area (Å²) in [4.78, 5) is 0. The van der Waals surface area contributed by atoms with E-state index in [1.54, 1.807) is 0 Å². The van der Waals surface area contributed by atoms with Gasteiger partial charge in [-0.15, -0.1) is 0 Å². The lowest BCUT2D eigenvalue weighted by atomic mass is 10.1. The lowest BCUT2D eigenvalue weighted by Crippen LogP contribution is -2.25. The van der Waals surface area contributed by atoms with Crippen molar-refractivity contribution in [2.75, 3.05) is 19.8 Å². The molecule has 1 N–H and O–H groups in total. The fourth-order valence-electron chi connectivity index (χ4n) is 2.30. The zero-order chi connectivity index (χ0) is 14.2. The van der Waals surface area contributed by atoms with Crippen molar-refractivity contribution < 1.29 is 9.47 Å². The Bertz CT molecular complexity index is 369. The summed E-state index contributed by atoms with van der Waals surface area (Å²) in [6.45, 7) is 8.00. The van der Waals surface area contributed by atoms with E-state index in [1.807, 2.05) is 0 Å². The Morgan fingerprint density at radius 3 is 2.75 bits per heavy atom. The minimum absolute atomic E-state index is 0.411. The standard InChI is InChI=1S/C17H27NO2/c1-14(2)9-11-20-16-7-5-15(6-8-16)12-18-13-17-4-3-10-19-17/h5-8,14,17-18H,3-4,9-13H2,1-2H3/t17-/m1/s1. The first kappa shape index (κ1) is 15.3. The van der Waals surface area contributed by atoms with E-state index in [0.717, 1.165) is 38.5 Å². The predicted molar refractivity (Wildman–Crippen MR) is 82.1 cm³/mol. The van der Waals surface area contributed by atoms with E-state index in [9.17, 15) is 0 Å². The van der Waals surface area contributed by atoms with E-state index in [1.165, 1.54) is 18.4 Å². The summed E-state index contributed by atoms with van der Waals surface area (Å²) in [5, 5.41) is 3.46. The average Bonchev–Trinajstić information content (AvgIpc) is 2.93. The largest absolute Gasteiger partial charge is 0.494 e. The summed E-state index contributed by atoms with van der Waals surface area (Å²) < 4.78 is 11.3. The number of hydrogen-bond acceptors (Lipinski definition) is 3. The van der Waals surface area contributed by atoms with Gasteiger partial charge in [0, 0.05) is 19.7 Å². The molecule has 0 radical (unpaired) electrons. The smallest absolute Gasteiger partial charge is 0.119 e. The van der Waals surface area contributed by atoms with E-state index < -0.39 is 0 Å². The monoisotopic (exact) mass is 277 g/mol. The van der Waals surface area contributed by atoms with E-state index in [0.29, 0.717) is 12.0 Å². The van der Waals surface area contributed by atoms with Gasteiger partial charge in [-0.2, -0.15) is 0 Å². The zero-order valence-electron chi connectivity index (χ0n) is 12.7. The normalized spacial score (nSPS) is 18.6. The minimum atomic E-state index is 0.411. The van der Waals surface area contributed by atoms with Crippen LogP contribution >= 0.6 is 0 Å². The van der Waals surface area contributed by atoms with Gasteiger partial charge in [-0.3, -0.25) is 0 Å². The Balaban J connectivity index is 1.65. The van der Waals surface area contributed by atoms with Crippen molar-refractivity contribution in [3.05, 3.63) is 29.8 Å². The Morgan fingerprint density at radius 1 is 1.30 bits per heavy atom. The second-order valence-electron chi connectivity index (χ2n) is 5.94. The van der Waals surface area contributed by atoms with E-state index in [-0.39, 0.29) is 0 Å². The second-order valence-corrected chi connectivity index (χ2v) is 5.94. The summed E-state index contributed by atoms with van der Waals surface area (Å²) in [6, 6.07) is 8.38. The maximum Gasteiger partial charge on any atom is 0.119 e. The molecule has 0 aromatic heterocycles. The third kappa shape index (κ3) is 5.51. The average molecular weight is 277 g/mol. The molecule has 0 aliphatic carbocycles. The molecule has 1 aromatic carbocycles. The van der Waals surface area contributed by atoms with Gasteiger partial charge in [0.2, 0.25) is 0 Å². The van der Waals surface area contributed by atoms with E-state index in [2.05, 4.69) is 43.4 Å². The fourth-order valence-corrected chi connectivity index (χ4v) is 2.30. The van der Waals surface area contributed by atoms with Crippen LogP contribution in [0.3, 0.4) is 0 Å². The summed E-state index contributed by atoms with van der Waals surface area (Å²) in [6.07, 6.45) is 3.91. The highest BCUT2D eigenvalue weighted by molar-refractivity contribution is 5.27. The Hall–Kier alpha value is -1.06. The molecule has 1 aromatic rings. The number of ether oxygens (including phenoxy) is 2. The molecule has 0 spiro atoms. The lowest BCUT2D eigenvalue weighted by Gasteiger charge is -2.11. The van der Waals surface area contributed by atoms with Crippen molar-refractivity contribution in [1.82, 2.24) is 5.32 Å². The van der Waals surface area contributed by atoms with Crippen molar-refractivity contribution in [3.63, 3.8) is 0 Å². The van der Waals surface area contributed by atoms with Crippen LogP contribution in [0, 0.1) is 5.92 Å². The quantitative estimate of drug-likeness (QED) is 0.790. The highest BCUT2D eigenvalue weighted by Crippen LogP contribution is 2.14. The second kappa shape index (κ2) is 8.28. The maximum absolute atomic E-state index is 5.72. The minimum Gasteiger partial charge on any atom is -0.494 e. The molecule has 0 saturated carbocycles. The number of benzene rings is 1. The van der Waals surface area contributed by atoms with Gasteiger partial charge in [0.25, 0.3) is 0 Å². The van der Waals surface area contributed by atoms with Crippen molar-refractivity contribution in [1.29, 1.82) is 0 Å². The molecular formula is C17H27NO2. The SMILES string of the molecule is CC(C)CCOc1ccc(CNC[C@H]2CCCO2)cc1. The van der Waals surface area contributed by atoms with Crippen LogP contribution in [0.4, 0.5) is 0 Å². The van der Waals surface area contributed by atoms with Gasteiger partial charge in [-0.25, -0.2) is 0 Å². The molecule has 0 bridgehead atoms. The molecule has 1 heterocycles. The molecule has 3 heteroatoms. The highest BCUT2D eigenvalue weighted by atomic mass is 16.5. The molecule has 1 aliphatic heterocycles. The highest BCUT2D eigenvalue weighted by Gasteiger charge is 2.14. The van der Waals surface area contributed by atoms with Crippen molar-refractivity contribution in [2.24, 2.45) is 5.92 Å². The first-order chi connectivity index (χ1) is 9.74. The van der Waals surface area contributed by atoms with Crippen LogP contribution in [0.2, 0.25) is 0 Å². The van der Waals surface area contributed by atoms with Gasteiger partial charge >= 0.3 is 0 Å². The molecule has 1 fully saturated rings. The Kier molecular flexibility index (Phi) is 6.34. The lowest BCUT2D eigenvalue weighted by molar-refractivity contribution is 0.110. The number of rotatable bonds is 8. The molecule has 2 rings (SSSR count). The third-order valence-electron chi connectivity index (χ3n) is 3.61. The molecule has 112 valence electrons. The third-order valence-corrected chi connectivity index (χ3v) is 3.61. The molecule has 0 amide bonds. The van der Waals surface area contributed by atoms with Crippen LogP contribution in [-0.4, -0.2) is 25.9 Å². The zero-order valence-corrected chi connectivity index (χ0v) is 12.7. The van der Waals surface area contributed by atoms with Gasteiger partial charge in [0.05, 0.1) is 12.7 Å². The van der Waals surface area contributed by atoms with E-state index in [4.69, 9.17) is 9.47 Å². The van der Waals surface area contributed by atoms with Crippen LogP contribution < -0.4 is 10.1 Å². The number of nitrogens with one attached hydrogen (secondary N) is 1. The van der Waals surface area contributed by atoms with Crippen LogP contribution in [-0.2, 0) is 11.3 Å². The summed E-state index contributed by atoms with van der Waals surface area (Å²) in [7, 11) is 0. The van der Waals surface area contributed by atoms with Crippen molar-refractivity contribution in [2.45, 2.75) is 45.8 Å². The predicted octanol–water partition coefficient (Wildman–Crippen LogP) is 3.38. The van der Waals surface area contributed by atoms with Crippen LogP contribution in [0.15, 0.2) is 24.3 Å². The van der Waals surface area contributed by atoms with Crippen LogP contribution in [0.25, 0.3) is 0 Å². The van der Waals surface area contributed by atoms with Crippen LogP contribution in [0.5, 0.6) is 5.75 Å². The molecule has 1 saturated heterocycles. The Labute approximate surface area is 122 Å². The molecule has 20 heavy (non-hydrogen) atoms. The van der Waals surface area contributed by atoms with Gasteiger partial charge in [-0.05, 0) is 42.9 Å². The van der Waals surface area contributed by atoms with Gasteiger partial charge in [-0.1, -0.05) is 26.0 Å². The molecular weight excluding hydrogens is 250 g/mol. The fraction of sp³-hybridized carbons (Fsp3) is 0.647. The summed E-state index contributed by atoms with van der Waals surface area (Å²) >= 11 is 0.